The van der Waals surface area contributed by atoms with Gasteiger partial charge >= 0.3 is 11.9 Å². The third kappa shape index (κ3) is 8.98. The number of carbonyl (C=O) groups is 2. The van der Waals surface area contributed by atoms with E-state index in [1.165, 1.54) is 0 Å². The van der Waals surface area contributed by atoms with Gasteiger partial charge in [0.2, 0.25) is 0 Å². The van der Waals surface area contributed by atoms with E-state index in [0.29, 0.717) is 30.0 Å². The van der Waals surface area contributed by atoms with Crippen molar-refractivity contribution in [3.63, 3.8) is 0 Å². The summed E-state index contributed by atoms with van der Waals surface area (Å²) in [6, 6.07) is 6.86. The first-order valence-corrected chi connectivity index (χ1v) is 8.38. The monoisotopic (exact) mass is 333 g/mol. The number of anilines is 1. The van der Waals surface area contributed by atoms with Crippen molar-refractivity contribution in [3.8, 4) is 5.75 Å². The first-order valence-electron chi connectivity index (χ1n) is 8.38. The van der Waals surface area contributed by atoms with E-state index in [0.717, 1.165) is 38.5 Å². The van der Waals surface area contributed by atoms with Crippen LogP contribution in [0.5, 0.6) is 5.75 Å². The molecule has 0 aliphatic carbocycles. The molecule has 0 saturated heterocycles. The zero-order valence-electron chi connectivity index (χ0n) is 14.4. The van der Waals surface area contributed by atoms with E-state index in [-0.39, 0.29) is 11.9 Å². The maximum absolute atomic E-state index is 11.7. The molecule has 1 rings (SSSR count). The van der Waals surface area contributed by atoms with Gasteiger partial charge in [-0.3, -0.25) is 4.79 Å². The highest BCUT2D eigenvalue weighted by Crippen LogP contribution is 2.16. The smallest absolute Gasteiger partial charge is 0.333 e. The molecule has 5 nitrogen and oxygen atoms in total. The van der Waals surface area contributed by atoms with Crippen molar-refractivity contribution < 1.29 is 19.1 Å². The van der Waals surface area contributed by atoms with Gasteiger partial charge in [0.25, 0.3) is 0 Å². The molecule has 0 fully saturated rings. The molecule has 2 N–H and O–H groups in total. The summed E-state index contributed by atoms with van der Waals surface area (Å²) < 4.78 is 10.2. The number of nitrogens with two attached hydrogens (primary N) is 1. The van der Waals surface area contributed by atoms with Crippen LogP contribution in [0.1, 0.15) is 51.9 Å². The van der Waals surface area contributed by atoms with Crippen LogP contribution in [-0.4, -0.2) is 18.5 Å². The van der Waals surface area contributed by atoms with Crippen molar-refractivity contribution in [1.29, 1.82) is 0 Å². The Kier molecular flexibility index (Phi) is 9.27. The number of benzene rings is 1. The van der Waals surface area contributed by atoms with E-state index in [4.69, 9.17) is 15.2 Å². The van der Waals surface area contributed by atoms with E-state index < -0.39 is 0 Å². The third-order valence-electron chi connectivity index (χ3n) is 3.45. The van der Waals surface area contributed by atoms with E-state index in [1.54, 1.807) is 31.2 Å². The average molecular weight is 333 g/mol. The second-order valence-corrected chi connectivity index (χ2v) is 5.83. The Morgan fingerprint density at radius 1 is 1.08 bits per heavy atom. The van der Waals surface area contributed by atoms with Crippen LogP contribution in [0.3, 0.4) is 0 Å². The lowest BCUT2D eigenvalue weighted by Crippen LogP contribution is -2.07. The Morgan fingerprint density at radius 3 is 2.42 bits per heavy atom. The summed E-state index contributed by atoms with van der Waals surface area (Å²) in [6.07, 6.45) is 6.19. The summed E-state index contributed by atoms with van der Waals surface area (Å²) in [6.45, 7) is 5.61. The Bertz CT molecular complexity index is 554. The van der Waals surface area contributed by atoms with Gasteiger partial charge in [-0.05, 0) is 31.9 Å². The number of carbonyl (C=O) groups excluding carboxylic acids is 2. The van der Waals surface area contributed by atoms with Crippen molar-refractivity contribution >= 4 is 17.6 Å². The summed E-state index contributed by atoms with van der Waals surface area (Å²) in [7, 11) is 0. The zero-order valence-corrected chi connectivity index (χ0v) is 14.4. The molecule has 0 bridgehead atoms. The normalized spacial score (nSPS) is 10.2. The van der Waals surface area contributed by atoms with Crippen LogP contribution in [0.4, 0.5) is 5.69 Å². The second kappa shape index (κ2) is 11.3. The van der Waals surface area contributed by atoms with E-state index in [2.05, 4.69) is 6.58 Å². The lowest BCUT2D eigenvalue weighted by Gasteiger charge is -2.05. The zero-order chi connectivity index (χ0) is 17.8. The highest BCUT2D eigenvalue weighted by Gasteiger charge is 2.05. The van der Waals surface area contributed by atoms with Crippen molar-refractivity contribution in [2.75, 3.05) is 12.3 Å². The van der Waals surface area contributed by atoms with E-state index in [1.807, 2.05) is 0 Å². The van der Waals surface area contributed by atoms with Gasteiger partial charge in [0.1, 0.15) is 5.75 Å². The molecule has 0 amide bonds. The maximum Gasteiger partial charge on any atom is 0.333 e. The first kappa shape index (κ1) is 19.7. The maximum atomic E-state index is 11.7. The Hall–Kier alpha value is -2.30. The molecule has 0 aliphatic heterocycles. The SMILES string of the molecule is C=C(C)C(=O)OCCCCCCCCC(=O)Oc1cccc(N)c1. The molecule has 0 unspecified atom stereocenters. The molecule has 0 radical (unpaired) electrons. The molecule has 24 heavy (non-hydrogen) atoms. The Balaban J connectivity index is 1.97. The Morgan fingerprint density at radius 2 is 1.75 bits per heavy atom. The van der Waals surface area contributed by atoms with Gasteiger partial charge in [-0.15, -0.1) is 0 Å². The quantitative estimate of drug-likeness (QED) is 0.217. The summed E-state index contributed by atoms with van der Waals surface area (Å²) in [5.41, 5.74) is 6.64. The van der Waals surface area contributed by atoms with Crippen LogP contribution in [-0.2, 0) is 14.3 Å². The van der Waals surface area contributed by atoms with Crippen LogP contribution >= 0.6 is 0 Å². The molecule has 0 spiro atoms. The third-order valence-corrected chi connectivity index (χ3v) is 3.45. The summed E-state index contributed by atoms with van der Waals surface area (Å²) >= 11 is 0. The lowest BCUT2D eigenvalue weighted by molar-refractivity contribution is -0.139. The molecule has 0 aliphatic rings. The highest BCUT2D eigenvalue weighted by molar-refractivity contribution is 5.86. The predicted molar refractivity (Wildman–Crippen MR) is 94.6 cm³/mol. The lowest BCUT2D eigenvalue weighted by atomic mass is 10.1. The number of esters is 2. The van der Waals surface area contributed by atoms with Crippen molar-refractivity contribution in [2.24, 2.45) is 0 Å². The van der Waals surface area contributed by atoms with Gasteiger partial charge < -0.3 is 15.2 Å². The van der Waals surface area contributed by atoms with E-state index >= 15 is 0 Å². The topological polar surface area (TPSA) is 78.6 Å². The van der Waals surface area contributed by atoms with Gasteiger partial charge in [-0.1, -0.05) is 38.3 Å². The largest absolute Gasteiger partial charge is 0.462 e. The van der Waals surface area contributed by atoms with Gasteiger partial charge in [-0.25, -0.2) is 4.79 Å². The molecule has 1 aromatic rings. The molecule has 1 aromatic carbocycles. The van der Waals surface area contributed by atoms with Crippen molar-refractivity contribution in [3.05, 3.63) is 36.4 Å². The van der Waals surface area contributed by atoms with Crippen LogP contribution in [0, 0.1) is 0 Å². The molecule has 0 saturated carbocycles. The van der Waals surface area contributed by atoms with Gasteiger partial charge in [0.15, 0.2) is 0 Å². The number of unbranched alkanes of at least 4 members (excludes halogenated alkanes) is 5. The number of rotatable bonds is 11. The fraction of sp³-hybridized carbons (Fsp3) is 0.474. The van der Waals surface area contributed by atoms with Crippen LogP contribution in [0.15, 0.2) is 36.4 Å². The van der Waals surface area contributed by atoms with Gasteiger partial charge in [0.05, 0.1) is 6.61 Å². The number of hydrogen-bond acceptors (Lipinski definition) is 5. The molecule has 0 heterocycles. The summed E-state index contributed by atoms with van der Waals surface area (Å²) in [5, 5.41) is 0. The molecular formula is C19H27NO4. The fourth-order valence-corrected chi connectivity index (χ4v) is 2.13. The Labute approximate surface area is 143 Å². The van der Waals surface area contributed by atoms with Crippen LogP contribution in [0.25, 0.3) is 0 Å². The first-order chi connectivity index (χ1) is 11.5. The standard InChI is InChI=1S/C19H27NO4/c1-15(2)19(22)23-13-8-6-4-3-5-7-12-18(21)24-17-11-9-10-16(20)14-17/h9-11,14H,1,3-8,12-13,20H2,2H3. The fourth-order valence-electron chi connectivity index (χ4n) is 2.13. The summed E-state index contributed by atoms with van der Waals surface area (Å²) in [5.74, 6) is -0.0645. The second-order valence-electron chi connectivity index (χ2n) is 5.83. The minimum absolute atomic E-state index is 0.229. The molecule has 0 aromatic heterocycles. The highest BCUT2D eigenvalue weighted by atomic mass is 16.5. The van der Waals surface area contributed by atoms with Crippen molar-refractivity contribution in [2.45, 2.75) is 51.9 Å². The molecule has 5 heteroatoms. The minimum Gasteiger partial charge on any atom is -0.462 e. The minimum atomic E-state index is -0.325. The molecule has 0 atom stereocenters. The molecule has 132 valence electrons. The number of ether oxygens (including phenoxy) is 2. The van der Waals surface area contributed by atoms with Gasteiger partial charge in [0, 0.05) is 23.7 Å². The van der Waals surface area contributed by atoms with Crippen LogP contribution in [0.2, 0.25) is 0 Å². The van der Waals surface area contributed by atoms with E-state index in [9.17, 15) is 9.59 Å². The predicted octanol–water partition coefficient (Wildman–Crippen LogP) is 4.02. The van der Waals surface area contributed by atoms with Gasteiger partial charge in [-0.2, -0.15) is 0 Å². The van der Waals surface area contributed by atoms with Crippen molar-refractivity contribution in [1.82, 2.24) is 0 Å². The summed E-state index contributed by atoms with van der Waals surface area (Å²) in [4.78, 5) is 22.9. The van der Waals surface area contributed by atoms with Crippen LogP contribution < -0.4 is 10.5 Å². The molecular weight excluding hydrogens is 306 g/mol. The average Bonchev–Trinajstić information content (AvgIpc) is 2.52. The number of nitrogen functional groups attached to an aromatic ring is 1. The number of hydrogen-bond donors (Lipinski definition) is 1.